The van der Waals surface area contributed by atoms with Crippen molar-refractivity contribution < 1.29 is 0 Å². The lowest BCUT2D eigenvalue weighted by atomic mass is 10.0. The Hall–Kier alpha value is -3.32. The van der Waals surface area contributed by atoms with Gasteiger partial charge in [0.15, 0.2) is 0 Å². The molecule has 122 valence electrons. The number of aromatic nitrogens is 3. The summed E-state index contributed by atoms with van der Waals surface area (Å²) in [4.78, 5) is 0. The standard InChI is InChI=1S/C21H18N4/c1-3-17-9-10-20-18(16-7-4-6-15(12-16)14-22)13-19(23-25(17)20)21-8-5-11-24(21)2/h4-13H,3H2,1-2H3. The van der Waals surface area contributed by atoms with E-state index in [1.807, 2.05) is 48.1 Å². The van der Waals surface area contributed by atoms with E-state index in [-0.39, 0.29) is 0 Å². The van der Waals surface area contributed by atoms with Crippen LogP contribution in [0.2, 0.25) is 0 Å². The van der Waals surface area contributed by atoms with Gasteiger partial charge in [-0.3, -0.25) is 0 Å². The first-order chi connectivity index (χ1) is 12.2. The van der Waals surface area contributed by atoms with Crippen LogP contribution in [0.5, 0.6) is 0 Å². The van der Waals surface area contributed by atoms with E-state index < -0.39 is 0 Å². The molecule has 4 aromatic rings. The van der Waals surface area contributed by atoms with Crippen molar-refractivity contribution in [2.45, 2.75) is 13.3 Å². The quantitative estimate of drug-likeness (QED) is 0.559. The fraction of sp³-hybridized carbons (Fsp3) is 0.143. The summed E-state index contributed by atoms with van der Waals surface area (Å²) >= 11 is 0. The lowest BCUT2D eigenvalue weighted by Gasteiger charge is -2.11. The lowest BCUT2D eigenvalue weighted by Crippen LogP contribution is -2.02. The van der Waals surface area contributed by atoms with Gasteiger partial charge >= 0.3 is 0 Å². The van der Waals surface area contributed by atoms with Gasteiger partial charge in [-0.05, 0) is 54.4 Å². The lowest BCUT2D eigenvalue weighted by molar-refractivity contribution is 0.851. The number of hydrogen-bond acceptors (Lipinski definition) is 2. The molecule has 0 bridgehead atoms. The summed E-state index contributed by atoms with van der Waals surface area (Å²) in [5.74, 6) is 0. The molecule has 0 aliphatic rings. The van der Waals surface area contributed by atoms with Gasteiger partial charge in [-0.15, -0.1) is 0 Å². The Morgan fingerprint density at radius 2 is 1.96 bits per heavy atom. The van der Waals surface area contributed by atoms with Crippen molar-refractivity contribution in [3.05, 3.63) is 72.1 Å². The number of fused-ring (bicyclic) bond motifs is 1. The molecule has 0 N–H and O–H groups in total. The molecule has 0 saturated heterocycles. The third kappa shape index (κ3) is 2.50. The number of nitriles is 1. The normalized spacial score (nSPS) is 10.9. The van der Waals surface area contributed by atoms with Crippen LogP contribution in [-0.4, -0.2) is 14.2 Å². The summed E-state index contributed by atoms with van der Waals surface area (Å²) in [6.45, 7) is 2.13. The smallest absolute Gasteiger partial charge is 0.108 e. The van der Waals surface area contributed by atoms with Crippen molar-refractivity contribution >= 4 is 5.52 Å². The first-order valence-corrected chi connectivity index (χ1v) is 8.35. The van der Waals surface area contributed by atoms with Gasteiger partial charge in [-0.1, -0.05) is 19.1 Å². The second-order valence-electron chi connectivity index (χ2n) is 6.12. The summed E-state index contributed by atoms with van der Waals surface area (Å²) in [5.41, 5.74) is 6.99. The molecule has 0 saturated carbocycles. The SMILES string of the molecule is CCc1ccc2c(-c3cccc(C#N)c3)cc(-c3cccn3C)nn12. The maximum Gasteiger partial charge on any atom is 0.108 e. The predicted octanol–water partition coefficient (Wildman–Crippen LogP) is 4.44. The fourth-order valence-corrected chi connectivity index (χ4v) is 3.25. The Morgan fingerprint density at radius 3 is 2.68 bits per heavy atom. The van der Waals surface area contributed by atoms with E-state index in [4.69, 9.17) is 5.10 Å². The zero-order valence-electron chi connectivity index (χ0n) is 14.3. The molecule has 25 heavy (non-hydrogen) atoms. The Labute approximate surface area is 146 Å². The minimum absolute atomic E-state index is 0.662. The number of rotatable bonds is 3. The molecule has 0 fully saturated rings. The fourth-order valence-electron chi connectivity index (χ4n) is 3.25. The number of nitrogens with zero attached hydrogens (tertiary/aromatic N) is 4. The zero-order valence-corrected chi connectivity index (χ0v) is 14.3. The molecule has 4 nitrogen and oxygen atoms in total. The van der Waals surface area contributed by atoms with Crippen LogP contribution in [0.1, 0.15) is 18.2 Å². The van der Waals surface area contributed by atoms with Crippen LogP contribution in [0.4, 0.5) is 0 Å². The second kappa shape index (κ2) is 5.95. The topological polar surface area (TPSA) is 46.0 Å². The number of aryl methyl sites for hydroxylation is 2. The van der Waals surface area contributed by atoms with E-state index in [0.29, 0.717) is 5.56 Å². The highest BCUT2D eigenvalue weighted by molar-refractivity contribution is 5.83. The Kier molecular flexibility index (Phi) is 3.62. The van der Waals surface area contributed by atoms with Crippen LogP contribution in [0, 0.1) is 11.3 Å². The van der Waals surface area contributed by atoms with Crippen molar-refractivity contribution in [1.29, 1.82) is 5.26 Å². The van der Waals surface area contributed by atoms with Crippen LogP contribution < -0.4 is 0 Å². The summed E-state index contributed by atoms with van der Waals surface area (Å²) in [6.07, 6.45) is 2.93. The molecular weight excluding hydrogens is 308 g/mol. The maximum absolute atomic E-state index is 9.23. The van der Waals surface area contributed by atoms with Gasteiger partial charge < -0.3 is 4.57 Å². The second-order valence-corrected chi connectivity index (χ2v) is 6.12. The average Bonchev–Trinajstić information content (AvgIpc) is 3.26. The van der Waals surface area contributed by atoms with E-state index in [1.54, 1.807) is 0 Å². The molecule has 0 aliphatic carbocycles. The van der Waals surface area contributed by atoms with Crippen LogP contribution in [-0.2, 0) is 13.5 Å². The third-order valence-electron chi connectivity index (χ3n) is 4.57. The third-order valence-corrected chi connectivity index (χ3v) is 4.57. The summed E-state index contributed by atoms with van der Waals surface area (Å²) in [7, 11) is 2.02. The largest absolute Gasteiger partial charge is 0.349 e. The summed E-state index contributed by atoms with van der Waals surface area (Å²) < 4.78 is 4.09. The van der Waals surface area contributed by atoms with E-state index >= 15 is 0 Å². The van der Waals surface area contributed by atoms with Crippen LogP contribution in [0.15, 0.2) is 60.8 Å². The molecule has 4 heteroatoms. The van der Waals surface area contributed by atoms with Gasteiger partial charge in [-0.25, -0.2) is 4.52 Å². The minimum atomic E-state index is 0.662. The minimum Gasteiger partial charge on any atom is -0.349 e. The molecule has 4 rings (SSSR count). The highest BCUT2D eigenvalue weighted by atomic mass is 15.2. The highest BCUT2D eigenvalue weighted by Gasteiger charge is 2.13. The molecule has 0 spiro atoms. The molecule has 3 aromatic heterocycles. The Morgan fingerprint density at radius 1 is 1.08 bits per heavy atom. The van der Waals surface area contributed by atoms with Crippen molar-refractivity contribution in [1.82, 2.24) is 14.2 Å². The van der Waals surface area contributed by atoms with Crippen molar-refractivity contribution in [3.63, 3.8) is 0 Å². The molecule has 0 amide bonds. The van der Waals surface area contributed by atoms with Crippen molar-refractivity contribution in [2.24, 2.45) is 7.05 Å². The average molecular weight is 326 g/mol. The molecular formula is C21H18N4. The molecule has 0 atom stereocenters. The van der Waals surface area contributed by atoms with Gasteiger partial charge in [0.2, 0.25) is 0 Å². The van der Waals surface area contributed by atoms with Gasteiger partial charge in [0, 0.05) is 24.5 Å². The van der Waals surface area contributed by atoms with Gasteiger partial charge in [0.05, 0.1) is 22.8 Å². The summed E-state index contributed by atoms with van der Waals surface area (Å²) in [6, 6.07) is 20.4. The Bertz CT molecular complexity index is 1110. The number of hydrogen-bond donors (Lipinski definition) is 0. The predicted molar refractivity (Wildman–Crippen MR) is 99.1 cm³/mol. The van der Waals surface area contributed by atoms with Gasteiger partial charge in [0.1, 0.15) is 5.69 Å². The first kappa shape index (κ1) is 15.2. The molecule has 0 unspecified atom stereocenters. The van der Waals surface area contributed by atoms with Crippen LogP contribution in [0.3, 0.4) is 0 Å². The van der Waals surface area contributed by atoms with E-state index in [9.17, 15) is 5.26 Å². The highest BCUT2D eigenvalue weighted by Crippen LogP contribution is 2.30. The molecule has 0 aliphatic heterocycles. The first-order valence-electron chi connectivity index (χ1n) is 8.35. The Balaban J connectivity index is 2.04. The number of benzene rings is 1. The summed E-state index contributed by atoms with van der Waals surface area (Å²) in [5, 5.41) is 14.1. The van der Waals surface area contributed by atoms with Crippen LogP contribution >= 0.6 is 0 Å². The molecule has 3 heterocycles. The molecule has 0 radical (unpaired) electrons. The van der Waals surface area contributed by atoms with E-state index in [0.717, 1.165) is 34.5 Å². The maximum atomic E-state index is 9.23. The van der Waals surface area contributed by atoms with Gasteiger partial charge in [0.25, 0.3) is 0 Å². The zero-order chi connectivity index (χ0) is 17.4. The van der Waals surface area contributed by atoms with Crippen LogP contribution in [0.25, 0.3) is 28.0 Å². The molecule has 1 aromatic carbocycles. The van der Waals surface area contributed by atoms with Crippen molar-refractivity contribution in [2.75, 3.05) is 0 Å². The van der Waals surface area contributed by atoms with Crippen molar-refractivity contribution in [3.8, 4) is 28.6 Å². The van der Waals surface area contributed by atoms with Gasteiger partial charge in [-0.2, -0.15) is 10.4 Å². The monoisotopic (exact) mass is 326 g/mol. The van der Waals surface area contributed by atoms with E-state index in [2.05, 4.69) is 41.8 Å². The van der Waals surface area contributed by atoms with E-state index in [1.165, 1.54) is 5.69 Å².